The van der Waals surface area contributed by atoms with Crippen LogP contribution in [0.5, 0.6) is 0 Å². The first kappa shape index (κ1) is 33.5. The molecular formula is C59H44. The second kappa shape index (κ2) is 11.0. The fourth-order valence-electron chi connectivity index (χ4n) is 12.5. The van der Waals surface area contributed by atoms with Gasteiger partial charge in [-0.1, -0.05) is 187 Å². The summed E-state index contributed by atoms with van der Waals surface area (Å²) in [6.07, 6.45) is 0. The molecule has 0 heteroatoms. The molecule has 13 rings (SSSR count). The van der Waals surface area contributed by atoms with Crippen molar-refractivity contribution in [2.24, 2.45) is 0 Å². The summed E-state index contributed by atoms with van der Waals surface area (Å²) in [5.41, 5.74) is 27.0. The van der Waals surface area contributed by atoms with Crippen molar-refractivity contribution < 1.29 is 0 Å². The van der Waals surface area contributed by atoms with E-state index in [4.69, 9.17) is 0 Å². The van der Waals surface area contributed by atoms with Gasteiger partial charge in [-0.2, -0.15) is 0 Å². The van der Waals surface area contributed by atoms with E-state index >= 15 is 0 Å². The Bertz CT molecular complexity index is 3390. The summed E-state index contributed by atoms with van der Waals surface area (Å²) in [6, 6.07) is 60.9. The Labute approximate surface area is 346 Å². The van der Waals surface area contributed by atoms with Gasteiger partial charge >= 0.3 is 0 Å². The van der Waals surface area contributed by atoms with Crippen LogP contribution in [0.4, 0.5) is 0 Å². The molecule has 0 spiro atoms. The molecule has 0 aromatic heterocycles. The topological polar surface area (TPSA) is 0 Å². The van der Waals surface area contributed by atoms with Crippen LogP contribution >= 0.6 is 0 Å². The first-order valence-corrected chi connectivity index (χ1v) is 21.4. The zero-order valence-electron chi connectivity index (χ0n) is 34.5. The molecule has 0 atom stereocenters. The molecule has 0 saturated carbocycles. The lowest BCUT2D eigenvalue weighted by Gasteiger charge is -2.27. The van der Waals surface area contributed by atoms with Crippen LogP contribution in [0, 0.1) is 0 Å². The molecule has 9 aromatic rings. The van der Waals surface area contributed by atoms with Crippen LogP contribution in [0.1, 0.15) is 74.9 Å². The van der Waals surface area contributed by atoms with Crippen LogP contribution in [-0.4, -0.2) is 0 Å². The number of hydrogen-bond acceptors (Lipinski definition) is 0. The van der Waals surface area contributed by atoms with Gasteiger partial charge < -0.3 is 0 Å². The average molecular weight is 753 g/mol. The minimum Gasteiger partial charge on any atom is -0.0619 e. The highest BCUT2D eigenvalue weighted by Crippen LogP contribution is 2.64. The van der Waals surface area contributed by atoms with E-state index in [-0.39, 0.29) is 16.2 Å². The minimum absolute atomic E-state index is 0.112. The molecule has 0 N–H and O–H groups in total. The minimum atomic E-state index is -0.149. The van der Waals surface area contributed by atoms with Gasteiger partial charge in [0, 0.05) is 16.2 Å². The molecule has 0 unspecified atom stereocenters. The highest BCUT2D eigenvalue weighted by atomic mass is 14.5. The van der Waals surface area contributed by atoms with Crippen molar-refractivity contribution in [3.63, 3.8) is 0 Å². The maximum atomic E-state index is 2.62. The van der Waals surface area contributed by atoms with Gasteiger partial charge in [-0.25, -0.2) is 0 Å². The number of fused-ring (bicyclic) bond motifs is 13. The molecule has 0 heterocycles. The Balaban J connectivity index is 1.28. The predicted octanol–water partition coefficient (Wildman–Crippen LogP) is 15.9. The highest BCUT2D eigenvalue weighted by Gasteiger charge is 2.42. The van der Waals surface area contributed by atoms with E-state index in [0.717, 1.165) is 0 Å². The van der Waals surface area contributed by atoms with E-state index in [1.807, 2.05) is 0 Å². The molecule has 9 aromatic carbocycles. The molecule has 4 aliphatic rings. The van der Waals surface area contributed by atoms with Crippen molar-refractivity contribution in [2.45, 2.75) is 57.8 Å². The standard InChI is InChI=1S/C59H44/c1-57(2)45-27-11-8-20-35(45)51-39(24-15-29-47(51)57)53-42-31-41-34-19-7-10-26-44(34)59(5,6)49(41)32-43(42)54(56-38-23-14-18-33-17-13-22-37(50(33)38)55(53)56)40-25-16-30-48-52(40)36-21-9-12-28-46(36)58(48,3)4/h7-32H,1-6H3. The summed E-state index contributed by atoms with van der Waals surface area (Å²) in [5.74, 6) is 0. The normalized spacial score (nSPS) is 16.0. The first-order valence-electron chi connectivity index (χ1n) is 21.4. The van der Waals surface area contributed by atoms with Gasteiger partial charge in [-0.3, -0.25) is 0 Å². The third-order valence-corrected chi connectivity index (χ3v) is 15.2. The van der Waals surface area contributed by atoms with Gasteiger partial charge in [0.15, 0.2) is 0 Å². The molecule has 59 heavy (non-hydrogen) atoms. The lowest BCUT2D eigenvalue weighted by atomic mass is 9.76. The van der Waals surface area contributed by atoms with Crippen LogP contribution in [0.25, 0.3) is 99.4 Å². The Morgan fingerprint density at radius 2 is 0.627 bits per heavy atom. The summed E-state index contributed by atoms with van der Waals surface area (Å²) >= 11 is 0. The van der Waals surface area contributed by atoms with Crippen molar-refractivity contribution in [3.8, 4) is 77.9 Å². The molecule has 0 nitrogen and oxygen atoms in total. The molecule has 0 amide bonds. The van der Waals surface area contributed by atoms with Gasteiger partial charge in [-0.15, -0.1) is 0 Å². The van der Waals surface area contributed by atoms with Gasteiger partial charge in [0.05, 0.1) is 0 Å². The van der Waals surface area contributed by atoms with E-state index < -0.39 is 0 Å². The van der Waals surface area contributed by atoms with E-state index in [2.05, 4.69) is 199 Å². The Kier molecular flexibility index (Phi) is 6.21. The lowest BCUT2D eigenvalue weighted by molar-refractivity contribution is 0.660. The lowest BCUT2D eigenvalue weighted by Crippen LogP contribution is -2.15. The number of rotatable bonds is 2. The highest BCUT2D eigenvalue weighted by molar-refractivity contribution is 6.29. The molecule has 0 radical (unpaired) electrons. The smallest absolute Gasteiger partial charge is 0.0159 e. The first-order chi connectivity index (χ1) is 28.6. The molecule has 4 aliphatic carbocycles. The number of benzene rings is 9. The zero-order chi connectivity index (χ0) is 39.7. The molecule has 0 saturated heterocycles. The number of hydrogen-bond donors (Lipinski definition) is 0. The second-order valence-electron chi connectivity index (χ2n) is 19.1. The van der Waals surface area contributed by atoms with Gasteiger partial charge in [0.1, 0.15) is 0 Å². The Hall–Kier alpha value is -6.50. The largest absolute Gasteiger partial charge is 0.0619 e. The van der Waals surface area contributed by atoms with E-state index in [1.165, 1.54) is 133 Å². The molecule has 280 valence electrons. The summed E-state index contributed by atoms with van der Waals surface area (Å²) in [4.78, 5) is 0. The van der Waals surface area contributed by atoms with E-state index in [1.54, 1.807) is 0 Å². The second-order valence-corrected chi connectivity index (χ2v) is 19.1. The van der Waals surface area contributed by atoms with E-state index in [0.29, 0.717) is 0 Å². The van der Waals surface area contributed by atoms with Crippen molar-refractivity contribution in [3.05, 3.63) is 191 Å². The monoisotopic (exact) mass is 752 g/mol. The molecular weight excluding hydrogens is 709 g/mol. The van der Waals surface area contributed by atoms with Gasteiger partial charge in [0.2, 0.25) is 0 Å². The predicted molar refractivity (Wildman–Crippen MR) is 249 cm³/mol. The molecule has 0 aliphatic heterocycles. The SMILES string of the molecule is CC1(C)c2ccccc2-c2cc3c(-c4cccc5c4-c4ccccc4C5(C)C)c4c(c(-c5cccc6c5-c5ccccc5C6(C)C)c3cc21)-c1cccc2cccc-4c12. The molecule has 0 fully saturated rings. The van der Waals surface area contributed by atoms with Crippen molar-refractivity contribution in [1.82, 2.24) is 0 Å². The summed E-state index contributed by atoms with van der Waals surface area (Å²) in [5, 5.41) is 5.32. The van der Waals surface area contributed by atoms with Crippen LogP contribution < -0.4 is 0 Å². The summed E-state index contributed by atoms with van der Waals surface area (Å²) in [6.45, 7) is 14.5. The van der Waals surface area contributed by atoms with Gasteiger partial charge in [0.25, 0.3) is 0 Å². The average Bonchev–Trinajstić information content (AvgIpc) is 3.87. The van der Waals surface area contributed by atoms with Crippen LogP contribution in [-0.2, 0) is 16.2 Å². The van der Waals surface area contributed by atoms with Crippen molar-refractivity contribution in [2.75, 3.05) is 0 Å². The zero-order valence-corrected chi connectivity index (χ0v) is 34.5. The van der Waals surface area contributed by atoms with Crippen molar-refractivity contribution >= 4 is 21.5 Å². The third-order valence-electron chi connectivity index (χ3n) is 15.2. The van der Waals surface area contributed by atoms with Gasteiger partial charge in [-0.05, 0) is 145 Å². The maximum Gasteiger partial charge on any atom is 0.0159 e. The van der Waals surface area contributed by atoms with Crippen LogP contribution in [0.2, 0.25) is 0 Å². The summed E-state index contributed by atoms with van der Waals surface area (Å²) < 4.78 is 0. The molecule has 0 bridgehead atoms. The Morgan fingerprint density at radius 3 is 1.15 bits per heavy atom. The van der Waals surface area contributed by atoms with Crippen molar-refractivity contribution in [1.29, 1.82) is 0 Å². The summed E-state index contributed by atoms with van der Waals surface area (Å²) in [7, 11) is 0. The fraction of sp³-hybridized carbons (Fsp3) is 0.153. The third kappa shape index (κ3) is 3.96. The Morgan fingerprint density at radius 1 is 0.254 bits per heavy atom. The van der Waals surface area contributed by atoms with Crippen LogP contribution in [0.15, 0.2) is 158 Å². The fourth-order valence-corrected chi connectivity index (χ4v) is 12.5. The van der Waals surface area contributed by atoms with E-state index in [9.17, 15) is 0 Å². The van der Waals surface area contributed by atoms with Crippen LogP contribution in [0.3, 0.4) is 0 Å². The quantitative estimate of drug-likeness (QED) is 0.165. The maximum absolute atomic E-state index is 2.62.